The van der Waals surface area contributed by atoms with E-state index in [0.29, 0.717) is 10.7 Å². The summed E-state index contributed by atoms with van der Waals surface area (Å²) in [5.41, 5.74) is 3.49. The number of nitrogens with zero attached hydrogens (tertiary/aromatic N) is 3. The molecule has 0 aliphatic rings. The molecule has 0 bridgehead atoms. The lowest BCUT2D eigenvalue weighted by molar-refractivity contribution is -0.141. The maximum atomic E-state index is 13.1. The number of nitrogens with two attached hydrogens (primary N) is 1. The number of carbonyl (C=O) groups excluding carboxylic acids is 2. The van der Waals surface area contributed by atoms with Crippen LogP contribution in [0.15, 0.2) is 48.7 Å². The van der Waals surface area contributed by atoms with Crippen LogP contribution in [0.5, 0.6) is 0 Å². The molecule has 144 valence electrons. The number of para-hydroxylation sites is 1. The lowest BCUT2D eigenvalue weighted by Gasteiger charge is -2.10. The van der Waals surface area contributed by atoms with E-state index in [0.717, 1.165) is 0 Å². The smallest absolute Gasteiger partial charge is 0.366 e. The second-order valence-electron chi connectivity index (χ2n) is 5.50. The standard InChI is InChI=1S/C17H11ClF3N5O2/c18-10-5-3-7-23-15(10)26-12(8-13(25-26)17(19,20)21)16(28)24-11-6-2-1-4-9(11)14(22)27/h1-8H,(H2,22,27)(H,24,28). The van der Waals surface area contributed by atoms with Crippen LogP contribution in [0.1, 0.15) is 26.5 Å². The molecule has 28 heavy (non-hydrogen) atoms. The first-order valence-corrected chi connectivity index (χ1v) is 8.04. The second kappa shape index (κ2) is 7.31. The first-order valence-electron chi connectivity index (χ1n) is 7.67. The molecule has 0 aliphatic heterocycles. The van der Waals surface area contributed by atoms with Crippen molar-refractivity contribution in [1.82, 2.24) is 14.8 Å². The fourth-order valence-corrected chi connectivity index (χ4v) is 2.57. The van der Waals surface area contributed by atoms with Gasteiger partial charge in [-0.05, 0) is 24.3 Å². The van der Waals surface area contributed by atoms with Gasteiger partial charge in [-0.1, -0.05) is 23.7 Å². The number of rotatable bonds is 4. The number of amides is 2. The zero-order chi connectivity index (χ0) is 20.5. The minimum Gasteiger partial charge on any atom is -0.366 e. The van der Waals surface area contributed by atoms with Gasteiger partial charge in [0.05, 0.1) is 16.3 Å². The van der Waals surface area contributed by atoms with Crippen LogP contribution in [0, 0.1) is 0 Å². The summed E-state index contributed by atoms with van der Waals surface area (Å²) < 4.78 is 40.1. The van der Waals surface area contributed by atoms with E-state index < -0.39 is 29.4 Å². The number of benzene rings is 1. The van der Waals surface area contributed by atoms with Gasteiger partial charge in [0.2, 0.25) is 0 Å². The van der Waals surface area contributed by atoms with Crippen molar-refractivity contribution in [1.29, 1.82) is 0 Å². The molecule has 1 aromatic carbocycles. The molecular weight excluding hydrogens is 399 g/mol. The number of aromatic nitrogens is 3. The van der Waals surface area contributed by atoms with Gasteiger partial charge in [0.15, 0.2) is 11.5 Å². The topological polar surface area (TPSA) is 103 Å². The highest BCUT2D eigenvalue weighted by molar-refractivity contribution is 6.32. The van der Waals surface area contributed by atoms with Gasteiger partial charge in [0, 0.05) is 12.3 Å². The van der Waals surface area contributed by atoms with Gasteiger partial charge in [0.1, 0.15) is 5.69 Å². The zero-order valence-electron chi connectivity index (χ0n) is 13.9. The van der Waals surface area contributed by atoms with E-state index in [2.05, 4.69) is 15.4 Å². The van der Waals surface area contributed by atoms with E-state index in [9.17, 15) is 22.8 Å². The van der Waals surface area contributed by atoms with Crippen LogP contribution in [0.4, 0.5) is 18.9 Å². The third-order valence-electron chi connectivity index (χ3n) is 3.61. The van der Waals surface area contributed by atoms with E-state index in [1.807, 2.05) is 0 Å². The van der Waals surface area contributed by atoms with Crippen molar-refractivity contribution in [2.24, 2.45) is 5.73 Å². The number of hydrogen-bond donors (Lipinski definition) is 2. The van der Waals surface area contributed by atoms with Crippen LogP contribution >= 0.6 is 11.6 Å². The Kier molecular flexibility index (Phi) is 5.06. The minimum atomic E-state index is -4.80. The number of halogens is 4. The predicted octanol–water partition coefficient (Wildman–Crippen LogP) is 3.29. The summed E-state index contributed by atoms with van der Waals surface area (Å²) in [4.78, 5) is 28.0. The van der Waals surface area contributed by atoms with E-state index >= 15 is 0 Å². The van der Waals surface area contributed by atoms with E-state index in [1.165, 1.54) is 42.6 Å². The molecule has 0 saturated carbocycles. The highest BCUT2D eigenvalue weighted by Gasteiger charge is 2.36. The molecule has 0 aliphatic carbocycles. The first-order chi connectivity index (χ1) is 13.2. The van der Waals surface area contributed by atoms with Crippen LogP contribution in [0.25, 0.3) is 5.82 Å². The summed E-state index contributed by atoms with van der Waals surface area (Å²) in [6.45, 7) is 0. The number of nitrogens with one attached hydrogen (secondary N) is 1. The molecule has 0 fully saturated rings. The van der Waals surface area contributed by atoms with Gasteiger partial charge < -0.3 is 11.1 Å². The van der Waals surface area contributed by atoms with E-state index in [1.54, 1.807) is 0 Å². The molecule has 2 aromatic heterocycles. The number of alkyl halides is 3. The molecular formula is C17H11ClF3N5O2. The van der Waals surface area contributed by atoms with Gasteiger partial charge in [-0.3, -0.25) is 9.59 Å². The Morgan fingerprint density at radius 2 is 1.86 bits per heavy atom. The Labute approximate surface area is 160 Å². The van der Waals surface area contributed by atoms with Gasteiger partial charge in [0.25, 0.3) is 11.8 Å². The van der Waals surface area contributed by atoms with E-state index in [-0.39, 0.29) is 22.1 Å². The quantitative estimate of drug-likeness (QED) is 0.690. The van der Waals surface area contributed by atoms with Crippen molar-refractivity contribution >= 4 is 29.1 Å². The summed E-state index contributed by atoms with van der Waals surface area (Å²) >= 11 is 5.99. The highest BCUT2D eigenvalue weighted by Crippen LogP contribution is 2.30. The zero-order valence-corrected chi connectivity index (χ0v) is 14.6. The summed E-state index contributed by atoms with van der Waals surface area (Å²) in [5.74, 6) is -1.93. The maximum Gasteiger partial charge on any atom is 0.435 e. The van der Waals surface area contributed by atoms with E-state index in [4.69, 9.17) is 17.3 Å². The third kappa shape index (κ3) is 3.81. The molecule has 3 rings (SSSR count). The monoisotopic (exact) mass is 409 g/mol. The molecule has 3 N–H and O–H groups in total. The fourth-order valence-electron chi connectivity index (χ4n) is 2.37. The van der Waals surface area contributed by atoms with Crippen molar-refractivity contribution in [3.63, 3.8) is 0 Å². The molecule has 11 heteroatoms. The molecule has 7 nitrogen and oxygen atoms in total. The average Bonchev–Trinajstić information content (AvgIpc) is 3.08. The molecule has 0 saturated heterocycles. The Morgan fingerprint density at radius 3 is 2.50 bits per heavy atom. The summed E-state index contributed by atoms with van der Waals surface area (Å²) in [7, 11) is 0. The van der Waals surface area contributed by atoms with Crippen LogP contribution in [0.3, 0.4) is 0 Å². The molecule has 0 unspecified atom stereocenters. The van der Waals surface area contributed by atoms with Crippen LogP contribution < -0.4 is 11.1 Å². The first kappa shape index (κ1) is 19.4. The Balaban J connectivity index is 2.08. The van der Waals surface area contributed by atoms with Gasteiger partial charge in [-0.25, -0.2) is 9.67 Å². The Bertz CT molecular complexity index is 1060. The number of primary amides is 1. The predicted molar refractivity (Wildman–Crippen MR) is 94.3 cm³/mol. The molecule has 0 spiro atoms. The van der Waals surface area contributed by atoms with Crippen molar-refractivity contribution in [2.75, 3.05) is 5.32 Å². The normalized spacial score (nSPS) is 11.3. The van der Waals surface area contributed by atoms with Crippen molar-refractivity contribution < 1.29 is 22.8 Å². The number of pyridine rings is 1. The second-order valence-corrected chi connectivity index (χ2v) is 5.90. The molecule has 0 atom stereocenters. The van der Waals surface area contributed by atoms with Gasteiger partial charge >= 0.3 is 6.18 Å². The molecule has 0 radical (unpaired) electrons. The lowest BCUT2D eigenvalue weighted by atomic mass is 10.1. The lowest BCUT2D eigenvalue weighted by Crippen LogP contribution is -2.21. The number of anilines is 1. The maximum absolute atomic E-state index is 13.1. The SMILES string of the molecule is NC(=O)c1ccccc1NC(=O)c1cc(C(F)(F)F)nn1-c1ncccc1Cl. The summed E-state index contributed by atoms with van der Waals surface area (Å²) in [6, 6.07) is 9.23. The van der Waals surface area contributed by atoms with Crippen LogP contribution in [-0.2, 0) is 6.18 Å². The van der Waals surface area contributed by atoms with Crippen LogP contribution in [-0.4, -0.2) is 26.6 Å². The average molecular weight is 410 g/mol. The molecule has 3 aromatic rings. The number of carbonyl (C=O) groups is 2. The minimum absolute atomic E-state index is 0.00571. The Hall–Kier alpha value is -3.40. The highest BCUT2D eigenvalue weighted by atomic mass is 35.5. The largest absolute Gasteiger partial charge is 0.435 e. The fraction of sp³-hybridized carbons (Fsp3) is 0.0588. The summed E-state index contributed by atoms with van der Waals surface area (Å²) in [5, 5.41) is 5.78. The summed E-state index contributed by atoms with van der Waals surface area (Å²) in [6.07, 6.45) is -3.51. The Morgan fingerprint density at radius 1 is 1.14 bits per heavy atom. The van der Waals surface area contributed by atoms with Gasteiger partial charge in [-0.2, -0.15) is 18.3 Å². The van der Waals surface area contributed by atoms with Crippen molar-refractivity contribution in [3.05, 3.63) is 70.6 Å². The van der Waals surface area contributed by atoms with Crippen LogP contribution in [0.2, 0.25) is 5.02 Å². The molecule has 2 heterocycles. The molecule has 2 amide bonds. The van der Waals surface area contributed by atoms with Crippen molar-refractivity contribution in [2.45, 2.75) is 6.18 Å². The third-order valence-corrected chi connectivity index (χ3v) is 3.91. The number of hydrogen-bond acceptors (Lipinski definition) is 4. The van der Waals surface area contributed by atoms with Gasteiger partial charge in [-0.15, -0.1) is 0 Å². The van der Waals surface area contributed by atoms with Crippen molar-refractivity contribution in [3.8, 4) is 5.82 Å².